The highest BCUT2D eigenvalue weighted by Crippen LogP contribution is 2.33. The van der Waals surface area contributed by atoms with Gasteiger partial charge in [0.05, 0.1) is 11.0 Å². The van der Waals surface area contributed by atoms with Crippen molar-refractivity contribution in [1.29, 1.82) is 0 Å². The fourth-order valence-corrected chi connectivity index (χ4v) is 4.70. The Balaban J connectivity index is 1.57. The van der Waals surface area contributed by atoms with E-state index in [1.165, 1.54) is 5.56 Å². The number of benzene rings is 4. The van der Waals surface area contributed by atoms with Crippen LogP contribution in [-0.2, 0) is 13.0 Å². The second kappa shape index (κ2) is 9.59. The van der Waals surface area contributed by atoms with Gasteiger partial charge in [0.2, 0.25) is 5.91 Å². The van der Waals surface area contributed by atoms with E-state index < -0.39 is 5.91 Å². The summed E-state index contributed by atoms with van der Waals surface area (Å²) in [5, 5.41) is 1.75. The number of amides is 1. The molecule has 1 radical (unpaired) electrons. The number of unbranched alkanes of at least 4 members (excludes halogenated alkanes) is 1. The minimum Gasteiger partial charge on any atom is -0.366 e. The molecule has 4 nitrogen and oxygen atoms in total. The van der Waals surface area contributed by atoms with Crippen molar-refractivity contribution in [3.05, 3.63) is 119 Å². The van der Waals surface area contributed by atoms with Gasteiger partial charge < -0.3 is 10.3 Å². The highest BCUT2D eigenvalue weighted by atomic mass is 16.1. The van der Waals surface area contributed by atoms with Crippen LogP contribution in [0.25, 0.3) is 21.8 Å². The lowest BCUT2D eigenvalue weighted by atomic mass is 10.0. The van der Waals surface area contributed by atoms with Gasteiger partial charge in [-0.05, 0) is 48.2 Å². The van der Waals surface area contributed by atoms with E-state index in [1.54, 1.807) is 6.07 Å². The summed E-state index contributed by atoms with van der Waals surface area (Å²) in [6.45, 7) is 2.79. The van der Waals surface area contributed by atoms with Crippen molar-refractivity contribution < 1.29 is 9.59 Å². The Kier molecular flexibility index (Phi) is 6.19. The van der Waals surface area contributed by atoms with Gasteiger partial charge in [0.25, 0.3) is 0 Å². The summed E-state index contributed by atoms with van der Waals surface area (Å²) in [6.07, 6.45) is 3.23. The number of primary amides is 1. The molecule has 0 saturated heterocycles. The molecule has 4 aromatic carbocycles. The lowest BCUT2D eigenvalue weighted by Crippen LogP contribution is -2.11. The van der Waals surface area contributed by atoms with Gasteiger partial charge in [0.15, 0.2) is 5.78 Å². The van der Waals surface area contributed by atoms with E-state index >= 15 is 0 Å². The van der Waals surface area contributed by atoms with Crippen LogP contribution in [0.1, 0.15) is 57.2 Å². The molecule has 0 aliphatic heterocycles. The fourth-order valence-electron chi connectivity index (χ4n) is 4.70. The molecule has 35 heavy (non-hydrogen) atoms. The molecule has 0 spiro atoms. The van der Waals surface area contributed by atoms with Crippen LogP contribution in [0.5, 0.6) is 0 Å². The number of ketones is 1. The number of fused-ring (bicyclic) bond motifs is 3. The number of aryl methyl sites for hydroxylation is 1. The Labute approximate surface area is 205 Å². The van der Waals surface area contributed by atoms with E-state index in [4.69, 9.17) is 5.73 Å². The van der Waals surface area contributed by atoms with Crippen LogP contribution in [0, 0.1) is 6.07 Å². The quantitative estimate of drug-likeness (QED) is 0.276. The van der Waals surface area contributed by atoms with Gasteiger partial charge in [-0.2, -0.15) is 0 Å². The third-order valence-electron chi connectivity index (χ3n) is 6.53. The zero-order chi connectivity index (χ0) is 24.4. The van der Waals surface area contributed by atoms with E-state index in [0.717, 1.165) is 46.6 Å². The highest BCUT2D eigenvalue weighted by Gasteiger charge is 2.17. The van der Waals surface area contributed by atoms with Gasteiger partial charge in [-0.25, -0.2) is 0 Å². The molecule has 5 rings (SSSR count). The van der Waals surface area contributed by atoms with Crippen LogP contribution in [-0.4, -0.2) is 16.3 Å². The molecule has 0 saturated carbocycles. The summed E-state index contributed by atoms with van der Waals surface area (Å²) in [4.78, 5) is 25.0. The van der Waals surface area contributed by atoms with Crippen LogP contribution < -0.4 is 5.73 Å². The Bertz CT molecular complexity index is 1530. The smallest absolute Gasteiger partial charge is 0.249 e. The largest absolute Gasteiger partial charge is 0.366 e. The summed E-state index contributed by atoms with van der Waals surface area (Å²) >= 11 is 0. The first-order valence-corrected chi connectivity index (χ1v) is 12.0. The first-order chi connectivity index (χ1) is 17.1. The first-order valence-electron chi connectivity index (χ1n) is 12.0. The summed E-state index contributed by atoms with van der Waals surface area (Å²) in [5.74, 6) is -0.433. The molecule has 0 aliphatic rings. The average Bonchev–Trinajstić information content (AvgIpc) is 3.20. The van der Waals surface area contributed by atoms with Crippen molar-refractivity contribution in [3.8, 4) is 0 Å². The number of carbonyl (C=O) groups excluding carboxylic acids is 2. The number of hydrogen-bond acceptors (Lipinski definition) is 2. The van der Waals surface area contributed by atoms with E-state index in [1.807, 2.05) is 72.8 Å². The van der Waals surface area contributed by atoms with E-state index in [-0.39, 0.29) is 5.78 Å². The average molecular weight is 460 g/mol. The second-order valence-corrected chi connectivity index (χ2v) is 8.91. The van der Waals surface area contributed by atoms with Crippen LogP contribution in [0.15, 0.2) is 84.9 Å². The molecule has 0 fully saturated rings. The Hall–Kier alpha value is -4.18. The van der Waals surface area contributed by atoms with Gasteiger partial charge in [0, 0.05) is 34.0 Å². The van der Waals surface area contributed by atoms with E-state index in [9.17, 15) is 9.59 Å². The SMILES string of the molecule is CCCCc1c[c]c2c3c(C(N)=O)cccc3n(Cc3ccc(C(=O)c4ccccc4)cc3)c2c1. The number of hydrogen-bond donors (Lipinski definition) is 1. The molecule has 4 heteroatoms. The van der Waals surface area contributed by atoms with Gasteiger partial charge in [0.1, 0.15) is 0 Å². The molecule has 0 atom stereocenters. The predicted molar refractivity (Wildman–Crippen MR) is 141 cm³/mol. The minimum atomic E-state index is -0.443. The van der Waals surface area contributed by atoms with Crippen LogP contribution in [0.2, 0.25) is 0 Å². The lowest BCUT2D eigenvalue weighted by molar-refractivity contribution is 0.1000. The number of nitrogens with two attached hydrogens (primary N) is 1. The number of carbonyl (C=O) groups is 2. The Morgan fingerprint density at radius 1 is 0.857 bits per heavy atom. The van der Waals surface area contributed by atoms with Crippen LogP contribution in [0.3, 0.4) is 0 Å². The predicted octanol–water partition coefficient (Wildman–Crippen LogP) is 6.32. The summed E-state index contributed by atoms with van der Waals surface area (Å²) in [5.41, 5.74) is 11.9. The molecular formula is C31H27N2O2. The van der Waals surface area contributed by atoms with Gasteiger partial charge in [-0.3, -0.25) is 9.59 Å². The summed E-state index contributed by atoms with van der Waals surface area (Å²) < 4.78 is 2.22. The zero-order valence-corrected chi connectivity index (χ0v) is 19.8. The number of rotatable bonds is 8. The van der Waals surface area contributed by atoms with Crippen LogP contribution >= 0.6 is 0 Å². The highest BCUT2D eigenvalue weighted by molar-refractivity contribution is 6.17. The fraction of sp³-hybridized carbons (Fsp3) is 0.161. The summed E-state index contributed by atoms with van der Waals surface area (Å²) in [6, 6.07) is 30.4. The zero-order valence-electron chi connectivity index (χ0n) is 19.8. The molecule has 2 N–H and O–H groups in total. The maximum absolute atomic E-state index is 12.8. The third kappa shape index (κ3) is 4.35. The molecule has 1 heterocycles. The van der Waals surface area contributed by atoms with Crippen molar-refractivity contribution >= 4 is 33.5 Å². The van der Waals surface area contributed by atoms with E-state index in [0.29, 0.717) is 23.2 Å². The van der Waals surface area contributed by atoms with Crippen LogP contribution in [0.4, 0.5) is 0 Å². The van der Waals surface area contributed by atoms with Crippen molar-refractivity contribution in [2.24, 2.45) is 5.73 Å². The molecule has 0 bridgehead atoms. The number of nitrogens with zero attached hydrogens (tertiary/aromatic N) is 1. The molecule has 1 aromatic heterocycles. The topological polar surface area (TPSA) is 65.1 Å². The van der Waals surface area contributed by atoms with Crippen molar-refractivity contribution in [2.45, 2.75) is 32.7 Å². The Morgan fingerprint density at radius 3 is 2.31 bits per heavy atom. The van der Waals surface area contributed by atoms with Gasteiger partial charge in [-0.1, -0.05) is 80.1 Å². The molecular weight excluding hydrogens is 432 g/mol. The maximum atomic E-state index is 12.8. The minimum absolute atomic E-state index is 0.00952. The molecule has 0 unspecified atom stereocenters. The molecule has 173 valence electrons. The lowest BCUT2D eigenvalue weighted by Gasteiger charge is -2.10. The molecule has 1 amide bonds. The second-order valence-electron chi connectivity index (χ2n) is 8.91. The summed E-state index contributed by atoms with van der Waals surface area (Å²) in [7, 11) is 0. The van der Waals surface area contributed by atoms with Gasteiger partial charge in [-0.15, -0.1) is 0 Å². The third-order valence-corrected chi connectivity index (χ3v) is 6.53. The van der Waals surface area contributed by atoms with Crippen molar-refractivity contribution in [2.75, 3.05) is 0 Å². The molecule has 0 aliphatic carbocycles. The van der Waals surface area contributed by atoms with Crippen molar-refractivity contribution in [1.82, 2.24) is 4.57 Å². The monoisotopic (exact) mass is 459 g/mol. The maximum Gasteiger partial charge on any atom is 0.249 e. The van der Waals surface area contributed by atoms with Crippen molar-refractivity contribution in [3.63, 3.8) is 0 Å². The van der Waals surface area contributed by atoms with E-state index in [2.05, 4.69) is 23.6 Å². The first kappa shape index (κ1) is 22.6. The number of aromatic nitrogens is 1. The molecule has 5 aromatic rings. The Morgan fingerprint density at radius 2 is 1.60 bits per heavy atom. The van der Waals surface area contributed by atoms with Gasteiger partial charge >= 0.3 is 0 Å². The standard InChI is InChI=1S/C31H27N2O2/c1-2-3-8-21-15-18-25-28(19-21)33(27-12-7-11-26(29(25)27)31(32)35)20-22-13-16-24(17-14-22)30(34)23-9-5-4-6-10-23/h4-7,9-17,19H,2-3,8,20H2,1H3,(H2,32,35). The normalized spacial score (nSPS) is 11.2.